The maximum Gasteiger partial charge on any atom is 0.178 e. The van der Waals surface area contributed by atoms with E-state index in [9.17, 15) is 4.79 Å². The normalized spacial score (nSPS) is 10.2. The summed E-state index contributed by atoms with van der Waals surface area (Å²) < 4.78 is 5.38. The maximum absolute atomic E-state index is 10.4. The van der Waals surface area contributed by atoms with E-state index >= 15 is 0 Å². The van der Waals surface area contributed by atoms with Crippen molar-refractivity contribution < 1.29 is 9.21 Å². The van der Waals surface area contributed by atoms with E-state index in [1.165, 1.54) is 11.3 Å². The van der Waals surface area contributed by atoms with Crippen LogP contribution in [0, 0.1) is 6.92 Å². The van der Waals surface area contributed by atoms with Crippen molar-refractivity contribution in [1.29, 1.82) is 0 Å². The highest BCUT2D eigenvalue weighted by molar-refractivity contribution is 7.16. The Morgan fingerprint density at radius 2 is 2.38 bits per heavy atom. The summed E-state index contributed by atoms with van der Waals surface area (Å²) in [6, 6.07) is 3.76. The summed E-state index contributed by atoms with van der Waals surface area (Å²) in [6.07, 6.45) is 2.39. The molecule has 0 aliphatic carbocycles. The van der Waals surface area contributed by atoms with Crippen molar-refractivity contribution in [3.05, 3.63) is 29.1 Å². The topological polar surface area (TPSA) is 43.1 Å². The first-order valence-corrected chi connectivity index (χ1v) is 4.59. The van der Waals surface area contributed by atoms with Gasteiger partial charge in [0.05, 0.1) is 4.88 Å². The Labute approximate surface area is 79.0 Å². The number of aromatic nitrogens is 1. The van der Waals surface area contributed by atoms with Crippen LogP contribution >= 0.6 is 11.3 Å². The molecule has 0 radical (unpaired) electrons. The molecule has 0 saturated carbocycles. The van der Waals surface area contributed by atoms with E-state index in [1.807, 2.05) is 19.1 Å². The predicted octanol–water partition coefficient (Wildman–Crippen LogP) is 2.52. The van der Waals surface area contributed by atoms with Gasteiger partial charge >= 0.3 is 0 Å². The third-order valence-electron chi connectivity index (χ3n) is 1.61. The molecule has 0 unspecified atom stereocenters. The molecule has 0 amide bonds. The second-order valence-electron chi connectivity index (χ2n) is 2.59. The second-order valence-corrected chi connectivity index (χ2v) is 3.65. The summed E-state index contributed by atoms with van der Waals surface area (Å²) in [5, 5.41) is 0.476. The third-order valence-corrected chi connectivity index (χ3v) is 2.54. The van der Waals surface area contributed by atoms with Gasteiger partial charge in [-0.05, 0) is 19.1 Å². The predicted molar refractivity (Wildman–Crippen MR) is 49.9 cm³/mol. The van der Waals surface area contributed by atoms with Gasteiger partial charge in [-0.2, -0.15) is 0 Å². The van der Waals surface area contributed by atoms with E-state index in [1.54, 1.807) is 6.20 Å². The fraction of sp³-hybridized carbons (Fsp3) is 0.111. The lowest BCUT2D eigenvalue weighted by Crippen LogP contribution is -1.69. The molecule has 2 heterocycles. The van der Waals surface area contributed by atoms with Gasteiger partial charge in [0, 0.05) is 6.20 Å². The van der Waals surface area contributed by atoms with Gasteiger partial charge in [-0.15, -0.1) is 11.3 Å². The standard InChI is InChI=1S/C9H7NO2S/c1-6-2-3-7(12-6)8-4-10-9(5-11)13-8/h2-5H,1H3. The molecule has 0 bridgehead atoms. The van der Waals surface area contributed by atoms with Crippen LogP contribution in [0.2, 0.25) is 0 Å². The highest BCUT2D eigenvalue weighted by atomic mass is 32.1. The van der Waals surface area contributed by atoms with E-state index in [-0.39, 0.29) is 0 Å². The molecular formula is C9H7NO2S. The molecule has 2 aromatic heterocycles. The third kappa shape index (κ3) is 1.53. The summed E-state index contributed by atoms with van der Waals surface area (Å²) in [5.74, 6) is 1.62. The number of thiazole rings is 1. The maximum atomic E-state index is 10.4. The minimum Gasteiger partial charge on any atom is -0.460 e. The molecule has 0 spiro atoms. The Balaban J connectivity index is 2.40. The number of hydrogen-bond acceptors (Lipinski definition) is 4. The zero-order chi connectivity index (χ0) is 9.26. The van der Waals surface area contributed by atoms with E-state index < -0.39 is 0 Å². The number of hydrogen-bond donors (Lipinski definition) is 0. The minimum absolute atomic E-state index is 0.476. The highest BCUT2D eigenvalue weighted by Gasteiger charge is 2.06. The van der Waals surface area contributed by atoms with Gasteiger partial charge in [0.2, 0.25) is 0 Å². The number of carbonyl (C=O) groups is 1. The zero-order valence-electron chi connectivity index (χ0n) is 6.98. The molecule has 0 atom stereocenters. The van der Waals surface area contributed by atoms with E-state index in [0.29, 0.717) is 5.01 Å². The summed E-state index contributed by atoms with van der Waals surface area (Å²) in [7, 11) is 0. The van der Waals surface area contributed by atoms with Crippen LogP contribution < -0.4 is 0 Å². The molecule has 0 aromatic carbocycles. The Hall–Kier alpha value is -1.42. The lowest BCUT2D eigenvalue weighted by molar-refractivity contribution is 0.112. The van der Waals surface area contributed by atoms with E-state index in [0.717, 1.165) is 22.7 Å². The van der Waals surface area contributed by atoms with Crippen molar-refractivity contribution in [1.82, 2.24) is 4.98 Å². The Morgan fingerprint density at radius 3 is 2.92 bits per heavy atom. The minimum atomic E-state index is 0.476. The lowest BCUT2D eigenvalue weighted by Gasteiger charge is -1.86. The van der Waals surface area contributed by atoms with Crippen molar-refractivity contribution in [3.63, 3.8) is 0 Å². The van der Waals surface area contributed by atoms with Crippen molar-refractivity contribution in [2.24, 2.45) is 0 Å². The number of nitrogens with zero attached hydrogens (tertiary/aromatic N) is 1. The van der Waals surface area contributed by atoms with Crippen LogP contribution in [-0.4, -0.2) is 11.3 Å². The number of rotatable bonds is 2. The van der Waals surface area contributed by atoms with Crippen molar-refractivity contribution in [2.75, 3.05) is 0 Å². The van der Waals surface area contributed by atoms with Crippen LogP contribution in [0.5, 0.6) is 0 Å². The summed E-state index contributed by atoms with van der Waals surface area (Å²) in [4.78, 5) is 15.2. The molecule has 0 fully saturated rings. The summed E-state index contributed by atoms with van der Waals surface area (Å²) >= 11 is 1.33. The first-order chi connectivity index (χ1) is 6.29. The lowest BCUT2D eigenvalue weighted by atomic mass is 10.4. The van der Waals surface area contributed by atoms with Crippen LogP contribution in [0.3, 0.4) is 0 Å². The average Bonchev–Trinajstić information content (AvgIpc) is 2.71. The van der Waals surface area contributed by atoms with E-state index in [2.05, 4.69) is 4.98 Å². The van der Waals surface area contributed by atoms with Gasteiger partial charge in [0.25, 0.3) is 0 Å². The van der Waals surface area contributed by atoms with Gasteiger partial charge in [-0.3, -0.25) is 4.79 Å². The largest absolute Gasteiger partial charge is 0.460 e. The Morgan fingerprint density at radius 1 is 1.54 bits per heavy atom. The molecule has 0 N–H and O–H groups in total. The molecule has 4 heteroatoms. The summed E-state index contributed by atoms with van der Waals surface area (Å²) in [5.41, 5.74) is 0. The highest BCUT2D eigenvalue weighted by Crippen LogP contribution is 2.26. The van der Waals surface area contributed by atoms with Gasteiger partial charge in [-0.25, -0.2) is 4.98 Å². The molecular weight excluding hydrogens is 186 g/mol. The molecule has 0 aliphatic rings. The fourth-order valence-corrected chi connectivity index (χ4v) is 1.72. The Bertz CT molecular complexity index is 430. The smallest absolute Gasteiger partial charge is 0.178 e. The van der Waals surface area contributed by atoms with Crippen molar-refractivity contribution in [3.8, 4) is 10.6 Å². The second kappa shape index (κ2) is 3.14. The van der Waals surface area contributed by atoms with Gasteiger partial charge in [-0.1, -0.05) is 0 Å². The van der Waals surface area contributed by atoms with Crippen LogP contribution in [0.15, 0.2) is 22.7 Å². The molecule has 2 aromatic rings. The molecule has 66 valence electrons. The fourth-order valence-electron chi connectivity index (χ4n) is 1.02. The Kier molecular flexibility index (Phi) is 1.98. The number of furan rings is 1. The van der Waals surface area contributed by atoms with Crippen LogP contribution in [0.25, 0.3) is 10.6 Å². The number of aldehydes is 1. The molecule has 13 heavy (non-hydrogen) atoms. The molecule has 2 rings (SSSR count). The van der Waals surface area contributed by atoms with Gasteiger partial charge in [0.15, 0.2) is 11.3 Å². The summed E-state index contributed by atoms with van der Waals surface area (Å²) in [6.45, 7) is 1.88. The average molecular weight is 193 g/mol. The molecule has 3 nitrogen and oxygen atoms in total. The molecule has 0 aliphatic heterocycles. The monoisotopic (exact) mass is 193 g/mol. The quantitative estimate of drug-likeness (QED) is 0.688. The van der Waals surface area contributed by atoms with E-state index in [4.69, 9.17) is 4.42 Å². The van der Waals surface area contributed by atoms with Gasteiger partial charge < -0.3 is 4.42 Å². The first-order valence-electron chi connectivity index (χ1n) is 3.77. The number of carbonyl (C=O) groups excluding carboxylic acids is 1. The molecule has 0 saturated heterocycles. The van der Waals surface area contributed by atoms with Crippen molar-refractivity contribution >= 4 is 17.6 Å². The van der Waals surface area contributed by atoms with Gasteiger partial charge in [0.1, 0.15) is 11.5 Å². The van der Waals surface area contributed by atoms with Crippen LogP contribution in [0.1, 0.15) is 15.6 Å². The van der Waals surface area contributed by atoms with Crippen LogP contribution in [-0.2, 0) is 0 Å². The van der Waals surface area contributed by atoms with Crippen LogP contribution in [0.4, 0.5) is 0 Å². The zero-order valence-corrected chi connectivity index (χ0v) is 7.80. The SMILES string of the molecule is Cc1ccc(-c2cnc(C=O)s2)o1. The number of aryl methyl sites for hydroxylation is 1. The van der Waals surface area contributed by atoms with Crippen molar-refractivity contribution in [2.45, 2.75) is 6.92 Å². The first kappa shape index (κ1) is 8.19.